The number of halogens is 3. The first-order valence-corrected chi connectivity index (χ1v) is 19.1. The van der Waals surface area contributed by atoms with E-state index in [4.69, 9.17) is 14.7 Å². The van der Waals surface area contributed by atoms with Gasteiger partial charge in [0.05, 0.1) is 42.1 Å². The highest BCUT2D eigenvalue weighted by molar-refractivity contribution is 5.88. The van der Waals surface area contributed by atoms with Crippen LogP contribution in [0.3, 0.4) is 0 Å². The minimum Gasteiger partial charge on any atom is -0.453 e. The summed E-state index contributed by atoms with van der Waals surface area (Å²) in [4.78, 5) is 44.3. The Balaban J connectivity index is 0.00000397. The Labute approximate surface area is 323 Å². The Morgan fingerprint density at radius 3 is 2.33 bits per heavy atom. The predicted molar refractivity (Wildman–Crippen MR) is 207 cm³/mol. The number of methoxy groups -OCH3 is 1. The molecular formula is C42H44ClF2N7O3. The molecule has 55 heavy (non-hydrogen) atoms. The van der Waals surface area contributed by atoms with Gasteiger partial charge in [-0.1, -0.05) is 44.2 Å². The van der Waals surface area contributed by atoms with Gasteiger partial charge in [0.25, 0.3) is 5.92 Å². The second kappa shape index (κ2) is 12.9. The van der Waals surface area contributed by atoms with Gasteiger partial charge >= 0.3 is 6.09 Å². The summed E-state index contributed by atoms with van der Waals surface area (Å²) < 4.78 is 37.7. The van der Waals surface area contributed by atoms with Gasteiger partial charge in [-0.3, -0.25) is 4.79 Å². The fraction of sp³-hybridized carbons (Fsp3) is 0.429. The van der Waals surface area contributed by atoms with Gasteiger partial charge in [0.1, 0.15) is 17.7 Å². The number of H-pyrrole nitrogens is 2. The van der Waals surface area contributed by atoms with E-state index in [0.29, 0.717) is 46.7 Å². The summed E-state index contributed by atoms with van der Waals surface area (Å²) in [6.07, 6.45) is 7.46. The van der Waals surface area contributed by atoms with Crippen molar-refractivity contribution in [2.75, 3.05) is 13.7 Å². The number of nitrogens with one attached hydrogen (secondary N) is 4. The molecule has 2 bridgehead atoms. The average Bonchev–Trinajstić information content (AvgIpc) is 3.83. The van der Waals surface area contributed by atoms with Gasteiger partial charge in [-0.15, -0.1) is 12.4 Å². The highest BCUT2D eigenvalue weighted by atomic mass is 35.5. The van der Waals surface area contributed by atoms with Crippen LogP contribution in [0.1, 0.15) is 87.2 Å². The van der Waals surface area contributed by atoms with Gasteiger partial charge in [0, 0.05) is 29.3 Å². The lowest BCUT2D eigenvalue weighted by molar-refractivity contribution is -0.135. The number of carbonyl (C=O) groups excluding carboxylic acids is 2. The maximum absolute atomic E-state index is 16.4. The normalized spacial score (nSPS) is 24.2. The molecule has 10 rings (SSSR count). The number of aromatic amines is 2. The number of fused-ring (bicyclic) bond motifs is 6. The third-order valence-corrected chi connectivity index (χ3v) is 12.9. The van der Waals surface area contributed by atoms with E-state index in [1.807, 2.05) is 49.1 Å². The summed E-state index contributed by atoms with van der Waals surface area (Å²) in [5, 5.41) is 6.41. The van der Waals surface area contributed by atoms with Crippen LogP contribution in [-0.2, 0) is 15.5 Å². The number of alkyl carbamates (subject to hydrolysis) is 1. The topological polar surface area (TPSA) is 128 Å². The van der Waals surface area contributed by atoms with E-state index in [1.165, 1.54) is 26.4 Å². The fourth-order valence-corrected chi connectivity index (χ4v) is 9.69. The summed E-state index contributed by atoms with van der Waals surface area (Å²) >= 11 is 0. The van der Waals surface area contributed by atoms with Crippen molar-refractivity contribution in [1.82, 2.24) is 35.5 Å². The lowest BCUT2D eigenvalue weighted by atomic mass is 9.98. The van der Waals surface area contributed by atoms with Gasteiger partial charge in [0.2, 0.25) is 5.91 Å². The van der Waals surface area contributed by atoms with Crippen molar-refractivity contribution in [3.05, 3.63) is 83.6 Å². The SMILES string of the molecule is COC(=O)N[C@H](C(=O)N1CC2(CC2)C[C@H]1c1ncc(-c2ccc3c(c2)C(F)(F)c2cc(-c4ccc5nc([C@H]6N[C@@H]7CC[C@H]6C7)[nH]c5c4)ccc2-3)[nH]1)C(C)C.Cl. The summed E-state index contributed by atoms with van der Waals surface area (Å²) in [7, 11) is 1.28. The number of piperidine rings is 1. The van der Waals surface area contributed by atoms with Gasteiger partial charge in [-0.25, -0.2) is 14.8 Å². The molecule has 3 aromatic carbocycles. The molecule has 2 aromatic heterocycles. The first-order chi connectivity index (χ1) is 26.0. The Bertz CT molecular complexity index is 2350. The van der Waals surface area contributed by atoms with Crippen molar-refractivity contribution >= 4 is 35.4 Å². The number of alkyl halides is 2. The monoisotopic (exact) mass is 767 g/mol. The van der Waals surface area contributed by atoms with Gasteiger partial charge < -0.3 is 30.2 Å². The molecule has 4 heterocycles. The molecular weight excluding hydrogens is 724 g/mol. The Morgan fingerprint density at radius 2 is 1.65 bits per heavy atom. The molecule has 286 valence electrons. The second-order valence-corrected chi connectivity index (χ2v) is 16.6. The van der Waals surface area contributed by atoms with Crippen molar-refractivity contribution < 1.29 is 23.1 Å². The molecule has 5 atom stereocenters. The number of imidazole rings is 2. The molecule has 10 nitrogen and oxygen atoms in total. The molecule has 4 N–H and O–H groups in total. The number of aromatic nitrogens is 4. The van der Waals surface area contributed by atoms with Gasteiger partial charge in [-0.05, 0) is 102 Å². The lowest BCUT2D eigenvalue weighted by Gasteiger charge is -2.30. The highest BCUT2D eigenvalue weighted by Gasteiger charge is 2.55. The van der Waals surface area contributed by atoms with E-state index in [2.05, 4.69) is 20.6 Å². The number of carbonyl (C=O) groups is 2. The lowest BCUT2D eigenvalue weighted by Crippen LogP contribution is -2.51. The molecule has 0 unspecified atom stereocenters. The van der Waals surface area contributed by atoms with Crippen LogP contribution in [0.15, 0.2) is 60.8 Å². The van der Waals surface area contributed by atoms with Crippen LogP contribution in [-0.4, -0.2) is 62.6 Å². The minimum atomic E-state index is -3.20. The summed E-state index contributed by atoms with van der Waals surface area (Å²) in [6, 6.07) is 16.2. The minimum absolute atomic E-state index is 0. The Hall–Kier alpha value is -4.81. The summed E-state index contributed by atoms with van der Waals surface area (Å²) in [5.41, 5.74) is 5.58. The zero-order chi connectivity index (χ0) is 37.1. The first-order valence-electron chi connectivity index (χ1n) is 19.1. The maximum atomic E-state index is 16.4. The third kappa shape index (κ3) is 5.82. The van der Waals surface area contributed by atoms with Crippen LogP contribution >= 0.6 is 12.4 Å². The van der Waals surface area contributed by atoms with Crippen LogP contribution in [0.2, 0.25) is 0 Å². The largest absolute Gasteiger partial charge is 0.453 e. The summed E-state index contributed by atoms with van der Waals surface area (Å²) in [5.74, 6) is -1.37. The highest BCUT2D eigenvalue weighted by Crippen LogP contribution is 2.59. The number of hydrogen-bond donors (Lipinski definition) is 4. The molecule has 2 saturated carbocycles. The smallest absolute Gasteiger partial charge is 0.407 e. The van der Waals surface area contributed by atoms with E-state index in [0.717, 1.165) is 47.2 Å². The summed E-state index contributed by atoms with van der Waals surface area (Å²) in [6.45, 7) is 4.35. The molecule has 5 aromatic rings. The van der Waals surface area contributed by atoms with Crippen LogP contribution in [0, 0.1) is 17.3 Å². The van der Waals surface area contributed by atoms with Gasteiger partial charge in [0.15, 0.2) is 0 Å². The molecule has 2 saturated heterocycles. The zero-order valence-corrected chi connectivity index (χ0v) is 31.7. The van der Waals surface area contributed by atoms with E-state index >= 15 is 8.78 Å². The molecule has 4 fully saturated rings. The number of rotatable bonds is 7. The van der Waals surface area contributed by atoms with Crippen LogP contribution < -0.4 is 10.6 Å². The van der Waals surface area contributed by atoms with Gasteiger partial charge in [-0.2, -0.15) is 8.78 Å². The molecule has 3 aliphatic carbocycles. The molecule has 0 radical (unpaired) electrons. The number of hydrogen-bond acceptors (Lipinski definition) is 6. The standard InChI is InChI=1S/C42H43F2N7O3.ClH/c1-21(2)35(50-40(53)54-3)39(52)51-20-41(12-13-41)18-34(51)37-45-19-33(49-37)24-6-10-28-27-9-5-22(15-29(27)42(43,44)30(28)16-24)23-7-11-31-32(17-23)48-38(47-31)36-25-4-8-26(14-25)46-36;/h5-7,9-11,15-17,19,21,25-26,34-36,46H,4,8,12-14,18,20H2,1-3H3,(H,45,49)(H,47,48)(H,50,53);1H/t25-,26+,34-,35-,36-;/m0./s1. The zero-order valence-electron chi connectivity index (χ0n) is 30.9. The van der Waals surface area contributed by atoms with Crippen LogP contribution in [0.5, 0.6) is 0 Å². The predicted octanol–water partition coefficient (Wildman–Crippen LogP) is 8.41. The number of ether oxygens (including phenoxy) is 1. The second-order valence-electron chi connectivity index (χ2n) is 16.6. The number of nitrogens with zero attached hydrogens (tertiary/aromatic N) is 3. The van der Waals surface area contributed by atoms with E-state index in [9.17, 15) is 9.59 Å². The number of benzene rings is 3. The van der Waals surface area contributed by atoms with Crippen molar-refractivity contribution in [3.8, 4) is 33.5 Å². The molecule has 1 spiro atoms. The maximum Gasteiger partial charge on any atom is 0.407 e. The Kier molecular flexibility index (Phi) is 8.40. The van der Waals surface area contributed by atoms with E-state index in [1.54, 1.807) is 30.5 Å². The van der Waals surface area contributed by atoms with Crippen molar-refractivity contribution in [3.63, 3.8) is 0 Å². The fourth-order valence-electron chi connectivity index (χ4n) is 9.69. The molecule has 5 aliphatic rings. The molecule has 13 heteroatoms. The molecule has 2 amide bonds. The van der Waals surface area contributed by atoms with Crippen LogP contribution in [0.25, 0.3) is 44.5 Å². The van der Waals surface area contributed by atoms with E-state index in [-0.39, 0.29) is 52.9 Å². The average molecular weight is 768 g/mol. The molecule has 2 aliphatic heterocycles. The number of amides is 2. The number of likely N-dealkylation sites (tertiary alicyclic amines) is 1. The quantitative estimate of drug-likeness (QED) is 0.132. The third-order valence-electron chi connectivity index (χ3n) is 12.9. The first kappa shape index (κ1) is 35.9. The van der Waals surface area contributed by atoms with Crippen molar-refractivity contribution in [1.29, 1.82) is 0 Å². The van der Waals surface area contributed by atoms with E-state index < -0.39 is 18.1 Å². The van der Waals surface area contributed by atoms with Crippen molar-refractivity contribution in [2.24, 2.45) is 17.3 Å². The van der Waals surface area contributed by atoms with Crippen molar-refractivity contribution in [2.45, 2.75) is 82.5 Å². The van der Waals surface area contributed by atoms with Crippen LogP contribution in [0.4, 0.5) is 13.6 Å². The Morgan fingerprint density at radius 1 is 0.945 bits per heavy atom.